The predicted octanol–water partition coefficient (Wildman–Crippen LogP) is 5.89. The van der Waals surface area contributed by atoms with Gasteiger partial charge in [0.05, 0.1) is 17.9 Å². The minimum absolute atomic E-state index is 0.0626. The Kier molecular flexibility index (Phi) is 6.06. The second-order valence-corrected chi connectivity index (χ2v) is 7.91. The first-order chi connectivity index (χ1) is 16.0. The van der Waals surface area contributed by atoms with E-state index >= 15 is 0 Å². The molecule has 162 valence electrons. The summed E-state index contributed by atoms with van der Waals surface area (Å²) in [6.45, 7) is 3.91. The minimum Gasteiger partial charge on any atom is -0.465 e. The van der Waals surface area contributed by atoms with Crippen LogP contribution < -0.4 is 0 Å². The Morgan fingerprint density at radius 3 is 2.18 bits per heavy atom. The highest BCUT2D eigenvalue weighted by Crippen LogP contribution is 2.51. The third kappa shape index (κ3) is 3.68. The van der Waals surface area contributed by atoms with E-state index in [1.807, 2.05) is 97.9 Å². The van der Waals surface area contributed by atoms with E-state index in [9.17, 15) is 10.1 Å². The summed E-state index contributed by atoms with van der Waals surface area (Å²) in [6.07, 6.45) is 1.90. The molecule has 0 bridgehead atoms. The van der Waals surface area contributed by atoms with Crippen molar-refractivity contribution in [3.8, 4) is 6.07 Å². The molecule has 1 atom stereocenters. The normalized spacial score (nSPS) is 18.9. The summed E-state index contributed by atoms with van der Waals surface area (Å²) in [5.41, 5.74) is 3.07. The molecule has 0 saturated carbocycles. The third-order valence-corrected chi connectivity index (χ3v) is 5.90. The number of esters is 1. The number of aryl methyl sites for hydroxylation is 1. The summed E-state index contributed by atoms with van der Waals surface area (Å²) >= 11 is 0. The van der Waals surface area contributed by atoms with Crippen molar-refractivity contribution in [3.63, 3.8) is 0 Å². The number of ether oxygens (including phenoxy) is 1. The molecular weight excluding hydrogens is 408 g/mol. The van der Waals surface area contributed by atoms with Crippen LogP contribution in [-0.4, -0.2) is 18.3 Å². The predicted molar refractivity (Wildman–Crippen MR) is 131 cm³/mol. The minimum atomic E-state index is -1.54. The molecule has 0 spiro atoms. The maximum absolute atomic E-state index is 13.7. The quantitative estimate of drug-likeness (QED) is 0.511. The summed E-state index contributed by atoms with van der Waals surface area (Å²) in [7, 11) is 0. The number of rotatable bonds is 5. The number of hydrogen-bond acceptors (Lipinski definition) is 4. The molecule has 4 heteroatoms. The standard InChI is InChI=1S/C29H24N2O2/c1-3-33-28(32)29(23-12-8-5-9-13-23)25(18-21-10-6-4-7-11-21)26(24(19-30)27(29)31)22-16-14-20(2)15-17-22/h4-18,31H,3H2,1-2H3/b25-18+,31-27?. The highest BCUT2D eigenvalue weighted by atomic mass is 16.5. The number of nitriles is 1. The molecule has 1 N–H and O–H groups in total. The summed E-state index contributed by atoms with van der Waals surface area (Å²) in [6, 6.07) is 28.8. The Labute approximate surface area is 194 Å². The summed E-state index contributed by atoms with van der Waals surface area (Å²) in [5.74, 6) is -0.557. The van der Waals surface area contributed by atoms with Crippen LogP contribution in [0.25, 0.3) is 11.6 Å². The molecule has 4 nitrogen and oxygen atoms in total. The number of benzene rings is 3. The van der Waals surface area contributed by atoms with E-state index in [4.69, 9.17) is 10.1 Å². The van der Waals surface area contributed by atoms with Crippen LogP contribution in [0, 0.1) is 23.7 Å². The van der Waals surface area contributed by atoms with E-state index in [1.54, 1.807) is 6.92 Å². The molecule has 1 aliphatic rings. The second-order valence-electron chi connectivity index (χ2n) is 7.91. The van der Waals surface area contributed by atoms with Crippen molar-refractivity contribution in [1.82, 2.24) is 0 Å². The largest absolute Gasteiger partial charge is 0.465 e. The lowest BCUT2D eigenvalue weighted by atomic mass is 9.71. The number of nitrogens with zero attached hydrogens (tertiary/aromatic N) is 1. The van der Waals surface area contributed by atoms with Crippen molar-refractivity contribution in [2.45, 2.75) is 19.3 Å². The monoisotopic (exact) mass is 432 g/mol. The first kappa shape index (κ1) is 22.0. The second kappa shape index (κ2) is 9.10. The topological polar surface area (TPSA) is 73.9 Å². The number of carbonyl (C=O) groups excluding carboxylic acids is 1. The van der Waals surface area contributed by atoms with Gasteiger partial charge in [-0.3, -0.25) is 4.79 Å². The molecule has 0 aromatic heterocycles. The smallest absolute Gasteiger partial charge is 0.327 e. The summed E-state index contributed by atoms with van der Waals surface area (Å²) in [4.78, 5) is 13.7. The Morgan fingerprint density at radius 2 is 1.61 bits per heavy atom. The van der Waals surface area contributed by atoms with E-state index in [2.05, 4.69) is 6.07 Å². The maximum Gasteiger partial charge on any atom is 0.327 e. The molecular formula is C29H24N2O2. The van der Waals surface area contributed by atoms with Gasteiger partial charge in [0.25, 0.3) is 0 Å². The number of carbonyl (C=O) groups is 1. The van der Waals surface area contributed by atoms with E-state index in [-0.39, 0.29) is 17.9 Å². The van der Waals surface area contributed by atoms with Gasteiger partial charge in [0, 0.05) is 5.57 Å². The zero-order chi connectivity index (χ0) is 23.4. The van der Waals surface area contributed by atoms with Crippen LogP contribution in [-0.2, 0) is 14.9 Å². The first-order valence-electron chi connectivity index (χ1n) is 10.8. The van der Waals surface area contributed by atoms with Crippen LogP contribution in [0.2, 0.25) is 0 Å². The van der Waals surface area contributed by atoms with Crippen molar-refractivity contribution in [3.05, 3.63) is 118 Å². The zero-order valence-electron chi connectivity index (χ0n) is 18.6. The highest BCUT2D eigenvalue weighted by Gasteiger charge is 2.56. The van der Waals surface area contributed by atoms with Crippen molar-refractivity contribution >= 4 is 23.3 Å². The van der Waals surface area contributed by atoms with Crippen molar-refractivity contribution in [1.29, 1.82) is 10.7 Å². The molecule has 0 saturated heterocycles. The van der Waals surface area contributed by atoms with Gasteiger partial charge in [-0.05, 0) is 42.2 Å². The molecule has 0 amide bonds. The van der Waals surface area contributed by atoms with Crippen molar-refractivity contribution in [2.24, 2.45) is 0 Å². The van der Waals surface area contributed by atoms with Crippen LogP contribution in [0.3, 0.4) is 0 Å². The molecule has 33 heavy (non-hydrogen) atoms. The van der Waals surface area contributed by atoms with Gasteiger partial charge >= 0.3 is 5.97 Å². The molecule has 3 aromatic rings. The lowest BCUT2D eigenvalue weighted by molar-refractivity contribution is -0.145. The fourth-order valence-corrected chi connectivity index (χ4v) is 4.35. The Morgan fingerprint density at radius 1 is 1.00 bits per heavy atom. The number of allylic oxidation sites excluding steroid dienone is 2. The van der Waals surface area contributed by atoms with Crippen LogP contribution in [0.1, 0.15) is 29.2 Å². The first-order valence-corrected chi connectivity index (χ1v) is 10.8. The molecule has 4 rings (SSSR count). The van der Waals surface area contributed by atoms with E-state index in [0.29, 0.717) is 16.7 Å². The number of nitrogens with one attached hydrogen (secondary N) is 1. The van der Waals surface area contributed by atoms with E-state index in [0.717, 1.165) is 16.7 Å². The average Bonchev–Trinajstić information content (AvgIpc) is 3.09. The fourth-order valence-electron chi connectivity index (χ4n) is 4.35. The van der Waals surface area contributed by atoms with E-state index in [1.165, 1.54) is 0 Å². The van der Waals surface area contributed by atoms with Crippen LogP contribution in [0.5, 0.6) is 0 Å². The van der Waals surface area contributed by atoms with Gasteiger partial charge < -0.3 is 10.1 Å². The van der Waals surface area contributed by atoms with Crippen LogP contribution in [0.4, 0.5) is 0 Å². The van der Waals surface area contributed by atoms with Gasteiger partial charge in [-0.15, -0.1) is 0 Å². The molecule has 1 unspecified atom stereocenters. The maximum atomic E-state index is 13.7. The van der Waals surface area contributed by atoms with Gasteiger partial charge in [-0.2, -0.15) is 5.26 Å². The molecule has 0 heterocycles. The molecule has 3 aromatic carbocycles. The molecule has 0 fully saturated rings. The summed E-state index contributed by atoms with van der Waals surface area (Å²) < 4.78 is 5.56. The number of hydrogen-bond donors (Lipinski definition) is 1. The van der Waals surface area contributed by atoms with E-state index < -0.39 is 11.4 Å². The van der Waals surface area contributed by atoms with Crippen molar-refractivity contribution < 1.29 is 9.53 Å². The van der Waals surface area contributed by atoms with Crippen LogP contribution >= 0.6 is 0 Å². The van der Waals surface area contributed by atoms with Crippen LogP contribution in [0.15, 0.2) is 96.1 Å². The van der Waals surface area contributed by atoms with Gasteiger partial charge in [0.2, 0.25) is 0 Å². The van der Waals surface area contributed by atoms with Crippen molar-refractivity contribution in [2.75, 3.05) is 6.61 Å². The lowest BCUT2D eigenvalue weighted by Crippen LogP contribution is -2.44. The SMILES string of the molecule is CCOC(=O)C1(c2ccccc2)C(=N)C(C#N)=C(c2ccc(C)cc2)/C1=C\c1ccccc1. The molecule has 1 aliphatic carbocycles. The zero-order valence-corrected chi connectivity index (χ0v) is 18.6. The lowest BCUT2D eigenvalue weighted by Gasteiger charge is -2.30. The van der Waals surface area contributed by atoms with Gasteiger partial charge in [-0.1, -0.05) is 90.5 Å². The van der Waals surface area contributed by atoms with Gasteiger partial charge in [0.1, 0.15) is 6.07 Å². The molecule has 0 radical (unpaired) electrons. The molecule has 0 aliphatic heterocycles. The fraction of sp³-hybridized carbons (Fsp3) is 0.138. The summed E-state index contributed by atoms with van der Waals surface area (Å²) in [5, 5.41) is 19.3. The Balaban J connectivity index is 2.11. The van der Waals surface area contributed by atoms with Gasteiger partial charge in [0.15, 0.2) is 5.41 Å². The van der Waals surface area contributed by atoms with Gasteiger partial charge in [-0.25, -0.2) is 0 Å². The highest BCUT2D eigenvalue weighted by molar-refractivity contribution is 6.33. The third-order valence-electron chi connectivity index (χ3n) is 5.90. The Hall–Kier alpha value is -4.23. The Bertz CT molecular complexity index is 1300. The average molecular weight is 433 g/mol.